The van der Waals surface area contributed by atoms with Crippen LogP contribution in [0.1, 0.15) is 5.76 Å². The van der Waals surface area contributed by atoms with Gasteiger partial charge in [-0.05, 0) is 18.2 Å². The van der Waals surface area contributed by atoms with Crippen LogP contribution in [0.25, 0.3) is 11.3 Å². The molecule has 2 rings (SSSR count). The second-order valence-corrected chi connectivity index (χ2v) is 5.01. The molecule has 0 aliphatic heterocycles. The van der Waals surface area contributed by atoms with Gasteiger partial charge in [-0.1, -0.05) is 17.3 Å². The van der Waals surface area contributed by atoms with Crippen molar-refractivity contribution >= 4 is 10.1 Å². The Kier molecular flexibility index (Phi) is 3.13. The Balaban J connectivity index is 2.12. The van der Waals surface area contributed by atoms with Crippen LogP contribution in [-0.2, 0) is 20.9 Å². The zero-order chi connectivity index (χ0) is 12.3. The molecule has 2 aromatic rings. The molecule has 0 saturated carbocycles. The van der Waals surface area contributed by atoms with Crippen LogP contribution in [0.3, 0.4) is 0 Å². The summed E-state index contributed by atoms with van der Waals surface area (Å²) in [5.41, 5.74) is 1.42. The maximum Gasteiger partial charge on any atom is 0.264 e. The fourth-order valence-corrected chi connectivity index (χ4v) is 1.52. The van der Waals surface area contributed by atoms with Crippen molar-refractivity contribution in [3.8, 4) is 11.3 Å². The molecule has 1 aromatic carbocycles. The minimum atomic E-state index is -3.48. The lowest BCUT2D eigenvalue weighted by Gasteiger charge is -1.95. The van der Waals surface area contributed by atoms with Gasteiger partial charge < -0.3 is 4.52 Å². The normalized spacial score (nSPS) is 11.1. The molecule has 0 aliphatic carbocycles. The van der Waals surface area contributed by atoms with Crippen LogP contribution in [0.4, 0.5) is 0 Å². The average molecular weight is 251 g/mol. The van der Waals surface area contributed by atoms with Crippen molar-refractivity contribution in [2.24, 2.45) is 0 Å². The fraction of sp³-hybridized carbons (Fsp3) is 0.182. The van der Waals surface area contributed by atoms with E-state index < -0.39 is 10.1 Å². The Hall–Kier alpha value is -1.84. The first-order valence-corrected chi connectivity index (χ1v) is 6.54. The minimum Gasteiger partial charge on any atom is -0.358 e. The van der Waals surface area contributed by atoms with Crippen LogP contribution in [-0.4, -0.2) is 19.8 Å². The molecular formula is C11H9NO4S. The van der Waals surface area contributed by atoms with Crippen molar-refractivity contribution in [2.75, 3.05) is 6.26 Å². The van der Waals surface area contributed by atoms with Crippen molar-refractivity contribution in [3.63, 3.8) is 0 Å². The van der Waals surface area contributed by atoms with Crippen molar-refractivity contribution in [1.29, 1.82) is 0 Å². The molecule has 5 nitrogen and oxygen atoms in total. The fourth-order valence-electron chi connectivity index (χ4n) is 1.19. The van der Waals surface area contributed by atoms with Gasteiger partial charge in [0, 0.05) is 11.6 Å². The second-order valence-electron chi connectivity index (χ2n) is 3.37. The van der Waals surface area contributed by atoms with Gasteiger partial charge in [-0.3, -0.25) is 4.18 Å². The van der Waals surface area contributed by atoms with Crippen LogP contribution < -0.4 is 0 Å². The third-order valence-corrected chi connectivity index (χ3v) is 2.47. The molecule has 0 fully saturated rings. The Morgan fingerprint density at radius 2 is 2.29 bits per heavy atom. The van der Waals surface area contributed by atoms with E-state index in [-0.39, 0.29) is 6.61 Å². The lowest BCUT2D eigenvalue weighted by atomic mass is 10.2. The summed E-state index contributed by atoms with van der Waals surface area (Å²) in [7, 11) is -3.48. The summed E-state index contributed by atoms with van der Waals surface area (Å²) in [6, 6.07) is 12.4. The van der Waals surface area contributed by atoms with Crippen LogP contribution in [0.15, 0.2) is 28.8 Å². The van der Waals surface area contributed by atoms with Gasteiger partial charge in [0.2, 0.25) is 0 Å². The highest BCUT2D eigenvalue weighted by molar-refractivity contribution is 7.85. The summed E-state index contributed by atoms with van der Waals surface area (Å²) >= 11 is 0. The smallest absolute Gasteiger partial charge is 0.264 e. The third kappa shape index (κ3) is 3.31. The van der Waals surface area contributed by atoms with Crippen LogP contribution in [0.2, 0.25) is 0 Å². The first-order chi connectivity index (χ1) is 8.04. The Bertz CT molecular complexity index is 589. The minimum absolute atomic E-state index is 0.158. The number of hydrogen-bond donors (Lipinski definition) is 0. The van der Waals surface area contributed by atoms with Gasteiger partial charge in [0.1, 0.15) is 12.3 Å². The molecule has 1 heterocycles. The molecule has 6 heteroatoms. The van der Waals surface area contributed by atoms with Crippen LogP contribution in [0, 0.1) is 12.1 Å². The lowest BCUT2D eigenvalue weighted by molar-refractivity contribution is 0.256. The largest absolute Gasteiger partial charge is 0.358 e. The highest BCUT2D eigenvalue weighted by Crippen LogP contribution is 2.18. The zero-order valence-corrected chi connectivity index (χ0v) is 9.82. The van der Waals surface area contributed by atoms with Crippen LogP contribution >= 0.6 is 0 Å². The van der Waals surface area contributed by atoms with Gasteiger partial charge in [-0.25, -0.2) is 0 Å². The quantitative estimate of drug-likeness (QED) is 0.768. The van der Waals surface area contributed by atoms with Crippen molar-refractivity contribution in [1.82, 2.24) is 5.16 Å². The molecule has 0 bridgehead atoms. The van der Waals surface area contributed by atoms with E-state index in [1.165, 1.54) is 0 Å². The molecular weight excluding hydrogens is 242 g/mol. The molecule has 0 unspecified atom stereocenters. The van der Waals surface area contributed by atoms with E-state index in [1.54, 1.807) is 24.3 Å². The number of rotatable bonds is 4. The lowest BCUT2D eigenvalue weighted by Crippen LogP contribution is -2.01. The molecule has 88 valence electrons. The maximum absolute atomic E-state index is 10.8. The Labute approximate surface area is 99.1 Å². The molecule has 0 saturated heterocycles. The van der Waals surface area contributed by atoms with Gasteiger partial charge >= 0.3 is 0 Å². The van der Waals surface area contributed by atoms with Crippen LogP contribution in [0.5, 0.6) is 0 Å². The van der Waals surface area contributed by atoms with Gasteiger partial charge in [-0.2, -0.15) is 8.42 Å². The Morgan fingerprint density at radius 3 is 2.94 bits per heavy atom. The van der Waals surface area contributed by atoms with E-state index in [0.29, 0.717) is 11.5 Å². The van der Waals surface area contributed by atoms with E-state index in [0.717, 1.165) is 11.8 Å². The predicted molar refractivity (Wildman–Crippen MR) is 59.2 cm³/mol. The van der Waals surface area contributed by atoms with E-state index in [9.17, 15) is 8.42 Å². The average Bonchev–Trinajstić information content (AvgIpc) is 2.75. The van der Waals surface area contributed by atoms with E-state index in [4.69, 9.17) is 4.52 Å². The predicted octanol–water partition coefficient (Wildman–Crippen LogP) is 1.42. The van der Waals surface area contributed by atoms with Crippen molar-refractivity contribution < 1.29 is 17.1 Å². The highest BCUT2D eigenvalue weighted by atomic mass is 32.2. The Morgan fingerprint density at radius 1 is 1.47 bits per heavy atom. The summed E-state index contributed by atoms with van der Waals surface area (Å²) in [6.45, 7) is -0.158. The first kappa shape index (κ1) is 11.6. The molecule has 0 amide bonds. The molecule has 0 aliphatic rings. The topological polar surface area (TPSA) is 69.4 Å². The van der Waals surface area contributed by atoms with E-state index in [1.807, 2.05) is 0 Å². The summed E-state index contributed by atoms with van der Waals surface area (Å²) < 4.78 is 31.1. The molecule has 17 heavy (non-hydrogen) atoms. The zero-order valence-electron chi connectivity index (χ0n) is 9.00. The molecule has 0 atom stereocenters. The summed E-state index contributed by atoms with van der Waals surface area (Å²) in [4.78, 5) is 0. The highest BCUT2D eigenvalue weighted by Gasteiger charge is 2.09. The van der Waals surface area contributed by atoms with Gasteiger partial charge in [0.15, 0.2) is 5.76 Å². The summed E-state index contributed by atoms with van der Waals surface area (Å²) in [5.74, 6) is 0.346. The molecule has 1 aromatic heterocycles. The van der Waals surface area contributed by atoms with Gasteiger partial charge in [0.05, 0.1) is 6.26 Å². The second kappa shape index (κ2) is 4.57. The standard InChI is InChI=1S/C11H9NO4S/c1-17(13,14)15-8-10-7-11(12-16-10)9-5-3-2-4-6-9/h3,5-7H,8H2,1H3. The maximum atomic E-state index is 10.8. The van der Waals surface area contributed by atoms with Crippen molar-refractivity contribution in [2.45, 2.75) is 6.61 Å². The first-order valence-electron chi connectivity index (χ1n) is 4.73. The number of hydrogen-bond acceptors (Lipinski definition) is 5. The van der Waals surface area contributed by atoms with E-state index in [2.05, 4.69) is 21.5 Å². The molecule has 0 spiro atoms. The summed E-state index contributed by atoms with van der Waals surface area (Å²) in [6.07, 6.45) is 0.978. The van der Waals surface area contributed by atoms with Gasteiger partial charge in [0.25, 0.3) is 10.1 Å². The number of aromatic nitrogens is 1. The van der Waals surface area contributed by atoms with E-state index >= 15 is 0 Å². The molecule has 0 N–H and O–H groups in total. The number of nitrogens with zero attached hydrogens (tertiary/aromatic N) is 1. The third-order valence-electron chi connectivity index (χ3n) is 1.93. The van der Waals surface area contributed by atoms with Crippen molar-refractivity contribution in [3.05, 3.63) is 42.2 Å². The molecule has 0 radical (unpaired) electrons. The monoisotopic (exact) mass is 251 g/mol. The van der Waals surface area contributed by atoms with Gasteiger partial charge in [-0.15, -0.1) is 0 Å². The summed E-state index contributed by atoms with van der Waals surface area (Å²) in [5, 5.41) is 3.80. The SMILES string of the molecule is CS(=O)(=O)OCc1cc(-c2cc#ccc2)no1.